The van der Waals surface area contributed by atoms with Gasteiger partial charge in [0.15, 0.2) is 16.7 Å². The molecule has 0 saturated carbocycles. The number of nitrogens with two attached hydrogens (primary N) is 1. The van der Waals surface area contributed by atoms with Gasteiger partial charge >= 0.3 is 0 Å². The molecule has 92 valence electrons. The van der Waals surface area contributed by atoms with Gasteiger partial charge < -0.3 is 10.3 Å². The van der Waals surface area contributed by atoms with Crippen molar-refractivity contribution in [1.82, 2.24) is 19.3 Å². The normalized spacial score (nSPS) is 11.6. The first-order valence-electron chi connectivity index (χ1n) is 4.69. The third-order valence-corrected chi connectivity index (χ3v) is 3.60. The Morgan fingerprint density at radius 1 is 1.41 bits per heavy atom. The van der Waals surface area contributed by atoms with Crippen LogP contribution in [0.1, 0.15) is 0 Å². The van der Waals surface area contributed by atoms with E-state index < -0.39 is 10.0 Å². The van der Waals surface area contributed by atoms with Crippen LogP contribution in [0.2, 0.25) is 0 Å². The predicted molar refractivity (Wildman–Crippen MR) is 61.6 cm³/mol. The molecule has 2 rings (SSSR count). The first-order chi connectivity index (χ1) is 7.90. The molecule has 2 aromatic rings. The molecule has 0 aromatic carbocycles. The number of sulfonamides is 1. The molecule has 0 atom stereocenters. The minimum absolute atomic E-state index is 0.0454. The zero-order valence-electron chi connectivity index (χ0n) is 9.32. The van der Waals surface area contributed by atoms with E-state index in [1.54, 1.807) is 26.4 Å². The van der Waals surface area contributed by atoms with Gasteiger partial charge in [-0.05, 0) is 0 Å². The van der Waals surface area contributed by atoms with E-state index in [2.05, 4.69) is 14.8 Å². The lowest BCUT2D eigenvalue weighted by Gasteiger charge is -2.06. The zero-order chi connectivity index (χ0) is 12.6. The first-order valence-corrected chi connectivity index (χ1v) is 6.18. The van der Waals surface area contributed by atoms with E-state index in [1.807, 2.05) is 0 Å². The molecule has 0 aliphatic rings. The van der Waals surface area contributed by atoms with Gasteiger partial charge in [0.2, 0.25) is 0 Å². The molecule has 0 spiro atoms. The van der Waals surface area contributed by atoms with Gasteiger partial charge in [-0.25, -0.2) is 4.98 Å². The highest BCUT2D eigenvalue weighted by molar-refractivity contribution is 7.92. The molecule has 0 aliphatic heterocycles. The van der Waals surface area contributed by atoms with Crippen LogP contribution in [0.4, 0.5) is 11.6 Å². The molecule has 0 amide bonds. The first kappa shape index (κ1) is 11.5. The fourth-order valence-electron chi connectivity index (χ4n) is 1.42. The molecule has 0 bridgehead atoms. The summed E-state index contributed by atoms with van der Waals surface area (Å²) in [6.45, 7) is 0. The molecule has 0 aliphatic carbocycles. The Bertz CT molecular complexity index is 621. The Morgan fingerprint density at radius 3 is 2.59 bits per heavy atom. The molecule has 0 unspecified atom stereocenters. The third kappa shape index (κ3) is 2.09. The van der Waals surface area contributed by atoms with Gasteiger partial charge in [0.05, 0.1) is 6.33 Å². The quantitative estimate of drug-likeness (QED) is 0.772. The molecule has 2 aromatic heterocycles. The molecule has 9 heteroatoms. The molecule has 0 fully saturated rings. The van der Waals surface area contributed by atoms with Gasteiger partial charge in [0, 0.05) is 26.4 Å². The van der Waals surface area contributed by atoms with Crippen LogP contribution in [0.15, 0.2) is 23.6 Å². The van der Waals surface area contributed by atoms with Crippen molar-refractivity contribution >= 4 is 21.7 Å². The number of hydrogen-bond acceptors (Lipinski definition) is 5. The Labute approximate surface area is 98.1 Å². The number of aromatic nitrogens is 4. The fourth-order valence-corrected chi connectivity index (χ4v) is 2.66. The molecule has 17 heavy (non-hydrogen) atoms. The second kappa shape index (κ2) is 3.77. The van der Waals surface area contributed by atoms with Crippen molar-refractivity contribution in [3.63, 3.8) is 0 Å². The minimum Gasteiger partial charge on any atom is -0.381 e. The summed E-state index contributed by atoms with van der Waals surface area (Å²) in [4.78, 5) is 3.73. The Hall–Kier alpha value is -2.03. The van der Waals surface area contributed by atoms with Crippen LogP contribution in [-0.2, 0) is 24.1 Å². The van der Waals surface area contributed by atoms with Gasteiger partial charge in [-0.2, -0.15) is 13.5 Å². The number of anilines is 2. The number of nitrogen functional groups attached to an aromatic ring is 1. The summed E-state index contributed by atoms with van der Waals surface area (Å²) in [5.41, 5.74) is 5.51. The third-order valence-electron chi connectivity index (χ3n) is 2.12. The lowest BCUT2D eigenvalue weighted by molar-refractivity contribution is 0.591. The molecule has 3 N–H and O–H groups in total. The summed E-state index contributed by atoms with van der Waals surface area (Å²) in [5, 5.41) is 3.84. The van der Waals surface area contributed by atoms with E-state index in [0.29, 0.717) is 0 Å². The molecule has 8 nitrogen and oxygen atoms in total. The topological polar surface area (TPSA) is 108 Å². The maximum absolute atomic E-state index is 12.0. The fraction of sp³-hybridized carbons (Fsp3) is 0.250. The van der Waals surface area contributed by atoms with E-state index in [1.165, 1.54) is 15.6 Å². The van der Waals surface area contributed by atoms with E-state index in [-0.39, 0.29) is 16.7 Å². The second-order valence-electron chi connectivity index (χ2n) is 3.53. The van der Waals surface area contributed by atoms with Crippen LogP contribution >= 0.6 is 0 Å². The Balaban J connectivity index is 2.38. The minimum atomic E-state index is -3.77. The van der Waals surface area contributed by atoms with E-state index in [9.17, 15) is 8.42 Å². The Morgan fingerprint density at radius 2 is 2.12 bits per heavy atom. The van der Waals surface area contributed by atoms with Crippen molar-refractivity contribution in [2.24, 2.45) is 14.1 Å². The molecular formula is C8H12N6O2S. The summed E-state index contributed by atoms with van der Waals surface area (Å²) >= 11 is 0. The van der Waals surface area contributed by atoms with Gasteiger partial charge in [-0.3, -0.25) is 9.40 Å². The highest BCUT2D eigenvalue weighted by Crippen LogP contribution is 2.18. The average Bonchev–Trinajstić information content (AvgIpc) is 2.73. The highest BCUT2D eigenvalue weighted by atomic mass is 32.2. The number of nitrogens with zero attached hydrogens (tertiary/aromatic N) is 4. The van der Waals surface area contributed by atoms with Crippen molar-refractivity contribution in [1.29, 1.82) is 0 Å². The smallest absolute Gasteiger partial charge is 0.282 e. The van der Waals surface area contributed by atoms with Crippen LogP contribution < -0.4 is 10.5 Å². The molecule has 0 radical (unpaired) electrons. The zero-order valence-corrected chi connectivity index (χ0v) is 10.1. The van der Waals surface area contributed by atoms with Crippen molar-refractivity contribution in [2.75, 3.05) is 10.5 Å². The van der Waals surface area contributed by atoms with Gasteiger partial charge in [-0.1, -0.05) is 0 Å². The van der Waals surface area contributed by atoms with Crippen molar-refractivity contribution < 1.29 is 8.42 Å². The van der Waals surface area contributed by atoms with Gasteiger partial charge in [0.25, 0.3) is 10.0 Å². The summed E-state index contributed by atoms with van der Waals surface area (Å²) < 4.78 is 29.2. The SMILES string of the molecule is Cn1ccc(NS(=O)(=O)c2c(N)ncn2C)n1. The monoisotopic (exact) mass is 256 g/mol. The van der Waals surface area contributed by atoms with Crippen LogP contribution in [0, 0.1) is 0 Å². The number of rotatable bonds is 3. The van der Waals surface area contributed by atoms with Crippen LogP contribution in [0.25, 0.3) is 0 Å². The molecule has 0 saturated heterocycles. The summed E-state index contributed by atoms with van der Waals surface area (Å²) in [7, 11) is -0.526. The van der Waals surface area contributed by atoms with Gasteiger partial charge in [0.1, 0.15) is 0 Å². The summed E-state index contributed by atoms with van der Waals surface area (Å²) in [6, 6.07) is 1.55. The van der Waals surface area contributed by atoms with Crippen molar-refractivity contribution in [3.8, 4) is 0 Å². The molecule has 2 heterocycles. The van der Waals surface area contributed by atoms with Crippen LogP contribution in [0.3, 0.4) is 0 Å². The summed E-state index contributed by atoms with van der Waals surface area (Å²) in [6.07, 6.45) is 2.97. The second-order valence-corrected chi connectivity index (χ2v) is 5.12. The van der Waals surface area contributed by atoms with Crippen LogP contribution in [-0.4, -0.2) is 27.7 Å². The van der Waals surface area contributed by atoms with Crippen LogP contribution in [0.5, 0.6) is 0 Å². The summed E-state index contributed by atoms with van der Waals surface area (Å²) in [5.74, 6) is 0.184. The largest absolute Gasteiger partial charge is 0.381 e. The Kier molecular flexibility index (Phi) is 2.54. The highest BCUT2D eigenvalue weighted by Gasteiger charge is 2.23. The van der Waals surface area contributed by atoms with E-state index in [0.717, 1.165) is 0 Å². The maximum Gasteiger partial charge on any atom is 0.282 e. The number of nitrogens with one attached hydrogen (secondary N) is 1. The number of aryl methyl sites for hydroxylation is 2. The number of imidazole rings is 1. The van der Waals surface area contributed by atoms with Crippen molar-refractivity contribution in [3.05, 3.63) is 18.6 Å². The standard InChI is InChI=1S/C8H12N6O2S/c1-13-5-10-7(9)8(13)17(15,16)12-6-3-4-14(2)11-6/h3-5H,9H2,1-2H3,(H,11,12). The van der Waals surface area contributed by atoms with E-state index >= 15 is 0 Å². The lowest BCUT2D eigenvalue weighted by atomic mass is 10.7. The van der Waals surface area contributed by atoms with E-state index in [4.69, 9.17) is 5.73 Å². The maximum atomic E-state index is 12.0. The lowest BCUT2D eigenvalue weighted by Crippen LogP contribution is -2.18. The predicted octanol–water partition coefficient (Wildman–Crippen LogP) is -0.463. The average molecular weight is 256 g/mol. The van der Waals surface area contributed by atoms with Crippen molar-refractivity contribution in [2.45, 2.75) is 5.03 Å². The molecular weight excluding hydrogens is 244 g/mol. The van der Waals surface area contributed by atoms with Gasteiger partial charge in [-0.15, -0.1) is 0 Å². The number of hydrogen-bond donors (Lipinski definition) is 2.